The van der Waals surface area contributed by atoms with Crippen LogP contribution in [0.25, 0.3) is 0 Å². The molecule has 1 rings (SSSR count). The molecule has 0 radical (unpaired) electrons. The normalized spacial score (nSPS) is 20.4. The number of nitrogens with one attached hydrogen (secondary N) is 1. The van der Waals surface area contributed by atoms with Crippen molar-refractivity contribution in [1.82, 2.24) is 5.32 Å². The second-order valence-electron chi connectivity index (χ2n) is 5.24. The van der Waals surface area contributed by atoms with Crippen LogP contribution < -0.4 is 11.1 Å². The highest BCUT2D eigenvalue weighted by Gasteiger charge is 2.29. The van der Waals surface area contributed by atoms with Gasteiger partial charge in [0.2, 0.25) is 5.91 Å². The Hall–Kier alpha value is -0.650. The van der Waals surface area contributed by atoms with Crippen LogP contribution in [0.15, 0.2) is 0 Å². The van der Waals surface area contributed by atoms with Crippen molar-refractivity contribution in [3.8, 4) is 0 Å². The molecular weight excluding hydrogens is 232 g/mol. The Labute approximate surface area is 109 Å². The first kappa shape index (κ1) is 15.4. The summed E-state index contributed by atoms with van der Waals surface area (Å²) in [6.45, 7) is 0.939. The van der Waals surface area contributed by atoms with Gasteiger partial charge in [-0.1, -0.05) is 19.3 Å². The Balaban J connectivity index is 2.22. The van der Waals surface area contributed by atoms with E-state index in [1.165, 1.54) is 6.42 Å². The molecule has 18 heavy (non-hydrogen) atoms. The van der Waals surface area contributed by atoms with Crippen LogP contribution >= 0.6 is 0 Å². The van der Waals surface area contributed by atoms with Gasteiger partial charge in [0, 0.05) is 20.3 Å². The molecule has 0 bridgehead atoms. The van der Waals surface area contributed by atoms with E-state index in [4.69, 9.17) is 10.5 Å². The van der Waals surface area contributed by atoms with Crippen LogP contribution in [-0.2, 0) is 9.53 Å². The molecule has 1 atom stereocenters. The number of rotatable bonds is 7. The molecule has 0 aromatic carbocycles. The maximum atomic E-state index is 11.7. The molecule has 1 saturated carbocycles. The summed E-state index contributed by atoms with van der Waals surface area (Å²) in [6.07, 6.45) is 6.16. The molecule has 1 aliphatic carbocycles. The summed E-state index contributed by atoms with van der Waals surface area (Å²) in [4.78, 5) is 11.7. The van der Waals surface area contributed by atoms with E-state index in [-0.39, 0.29) is 5.91 Å². The van der Waals surface area contributed by atoms with Gasteiger partial charge in [-0.15, -0.1) is 0 Å². The van der Waals surface area contributed by atoms with Crippen LogP contribution in [0.5, 0.6) is 0 Å². The molecule has 0 aromatic rings. The molecule has 0 aromatic heterocycles. The van der Waals surface area contributed by atoms with E-state index in [2.05, 4.69) is 5.32 Å². The van der Waals surface area contributed by atoms with Gasteiger partial charge in [0.05, 0.1) is 11.6 Å². The molecule has 1 fully saturated rings. The fourth-order valence-electron chi connectivity index (χ4n) is 2.35. The van der Waals surface area contributed by atoms with Crippen LogP contribution in [0.1, 0.15) is 44.9 Å². The highest BCUT2D eigenvalue weighted by Crippen LogP contribution is 2.27. The van der Waals surface area contributed by atoms with Gasteiger partial charge in [-0.3, -0.25) is 4.79 Å². The molecule has 1 aliphatic rings. The van der Waals surface area contributed by atoms with Crippen LogP contribution in [-0.4, -0.2) is 42.9 Å². The summed E-state index contributed by atoms with van der Waals surface area (Å²) < 4.78 is 4.92. The number of carbonyl (C=O) groups is 1. The van der Waals surface area contributed by atoms with Crippen LogP contribution in [0, 0.1) is 0 Å². The molecule has 0 aliphatic heterocycles. The van der Waals surface area contributed by atoms with Gasteiger partial charge >= 0.3 is 0 Å². The lowest BCUT2D eigenvalue weighted by molar-refractivity contribution is -0.124. The number of aliphatic hydroxyl groups is 1. The van der Waals surface area contributed by atoms with E-state index in [9.17, 15) is 9.90 Å². The van der Waals surface area contributed by atoms with E-state index in [1.54, 1.807) is 7.11 Å². The van der Waals surface area contributed by atoms with Gasteiger partial charge in [0.15, 0.2) is 0 Å². The fraction of sp³-hybridized carbons (Fsp3) is 0.923. The average Bonchev–Trinajstić information content (AvgIpc) is 2.37. The number of nitrogens with two attached hydrogens (primary N) is 1. The summed E-state index contributed by atoms with van der Waals surface area (Å²) in [6, 6.07) is -0.507. The molecule has 1 unspecified atom stereocenters. The SMILES string of the molecule is COCCCC(N)C(=O)NCC1(O)CCCCC1. The second kappa shape index (κ2) is 7.71. The predicted molar refractivity (Wildman–Crippen MR) is 70.1 cm³/mol. The second-order valence-corrected chi connectivity index (χ2v) is 5.24. The van der Waals surface area contributed by atoms with Gasteiger partial charge in [-0.2, -0.15) is 0 Å². The average molecular weight is 258 g/mol. The Morgan fingerprint density at radius 3 is 2.72 bits per heavy atom. The third-order valence-corrected chi connectivity index (χ3v) is 3.58. The number of methoxy groups -OCH3 is 1. The third-order valence-electron chi connectivity index (χ3n) is 3.58. The van der Waals surface area contributed by atoms with Crippen molar-refractivity contribution in [2.75, 3.05) is 20.3 Å². The summed E-state index contributed by atoms with van der Waals surface area (Å²) in [7, 11) is 1.63. The first-order valence-electron chi connectivity index (χ1n) is 6.82. The van der Waals surface area contributed by atoms with Crippen molar-refractivity contribution in [3.63, 3.8) is 0 Å². The summed E-state index contributed by atoms with van der Waals surface area (Å²) >= 11 is 0. The molecule has 106 valence electrons. The maximum Gasteiger partial charge on any atom is 0.237 e. The molecule has 5 heteroatoms. The molecule has 4 N–H and O–H groups in total. The number of ether oxygens (including phenoxy) is 1. The first-order valence-corrected chi connectivity index (χ1v) is 6.82. The van der Waals surface area contributed by atoms with Crippen molar-refractivity contribution < 1.29 is 14.6 Å². The van der Waals surface area contributed by atoms with E-state index in [0.29, 0.717) is 19.6 Å². The van der Waals surface area contributed by atoms with Crippen molar-refractivity contribution in [3.05, 3.63) is 0 Å². The van der Waals surface area contributed by atoms with Crippen molar-refractivity contribution in [2.45, 2.75) is 56.6 Å². The minimum atomic E-state index is -0.722. The predicted octanol–water partition coefficient (Wildman–Crippen LogP) is 0.552. The van der Waals surface area contributed by atoms with E-state index < -0.39 is 11.6 Å². The minimum absolute atomic E-state index is 0.176. The molecule has 0 spiro atoms. The molecule has 0 heterocycles. The minimum Gasteiger partial charge on any atom is -0.388 e. The molecular formula is C13H26N2O3. The first-order chi connectivity index (χ1) is 8.57. The lowest BCUT2D eigenvalue weighted by atomic mass is 9.85. The Morgan fingerprint density at radius 1 is 1.44 bits per heavy atom. The van der Waals surface area contributed by atoms with E-state index >= 15 is 0 Å². The number of hydrogen-bond donors (Lipinski definition) is 3. The Kier molecular flexibility index (Phi) is 6.60. The highest BCUT2D eigenvalue weighted by atomic mass is 16.5. The largest absolute Gasteiger partial charge is 0.388 e. The monoisotopic (exact) mass is 258 g/mol. The quantitative estimate of drug-likeness (QED) is 0.582. The standard InChI is InChI=1S/C13H26N2O3/c1-18-9-5-6-11(14)12(16)15-10-13(17)7-3-2-4-8-13/h11,17H,2-10,14H2,1H3,(H,15,16). The van der Waals surface area contributed by atoms with E-state index in [0.717, 1.165) is 32.1 Å². The van der Waals surface area contributed by atoms with Crippen molar-refractivity contribution in [1.29, 1.82) is 0 Å². The highest BCUT2D eigenvalue weighted by molar-refractivity contribution is 5.81. The topological polar surface area (TPSA) is 84.6 Å². The molecule has 0 saturated heterocycles. The number of hydrogen-bond acceptors (Lipinski definition) is 4. The van der Waals surface area contributed by atoms with Gasteiger partial charge in [0.1, 0.15) is 0 Å². The maximum absolute atomic E-state index is 11.7. The summed E-state index contributed by atoms with van der Waals surface area (Å²) in [5, 5.41) is 13.0. The Bertz CT molecular complexity index is 253. The zero-order valence-electron chi connectivity index (χ0n) is 11.3. The van der Waals surface area contributed by atoms with E-state index in [1.807, 2.05) is 0 Å². The van der Waals surface area contributed by atoms with Crippen LogP contribution in [0.3, 0.4) is 0 Å². The smallest absolute Gasteiger partial charge is 0.237 e. The third kappa shape index (κ3) is 5.33. The van der Waals surface area contributed by atoms with Gasteiger partial charge in [0.25, 0.3) is 0 Å². The molecule has 5 nitrogen and oxygen atoms in total. The van der Waals surface area contributed by atoms with Gasteiger partial charge < -0.3 is 20.9 Å². The molecule has 1 amide bonds. The van der Waals surface area contributed by atoms with Crippen molar-refractivity contribution in [2.24, 2.45) is 5.73 Å². The number of carbonyl (C=O) groups excluding carboxylic acids is 1. The zero-order chi connectivity index (χ0) is 13.4. The zero-order valence-corrected chi connectivity index (χ0v) is 11.3. The summed E-state index contributed by atoms with van der Waals surface area (Å²) in [5.74, 6) is -0.176. The van der Waals surface area contributed by atoms with Crippen LogP contribution in [0.4, 0.5) is 0 Å². The fourth-order valence-corrected chi connectivity index (χ4v) is 2.35. The van der Waals surface area contributed by atoms with Gasteiger partial charge in [-0.25, -0.2) is 0 Å². The van der Waals surface area contributed by atoms with Crippen LogP contribution in [0.2, 0.25) is 0 Å². The van der Waals surface area contributed by atoms with Crippen molar-refractivity contribution >= 4 is 5.91 Å². The number of amides is 1. The Morgan fingerprint density at radius 2 is 2.11 bits per heavy atom. The lowest BCUT2D eigenvalue weighted by Gasteiger charge is -2.32. The lowest BCUT2D eigenvalue weighted by Crippen LogP contribution is -2.49. The summed E-state index contributed by atoms with van der Waals surface area (Å²) in [5.41, 5.74) is 5.05. The van der Waals surface area contributed by atoms with Gasteiger partial charge in [-0.05, 0) is 25.7 Å².